The highest BCUT2D eigenvalue weighted by Gasteiger charge is 2.36. The summed E-state index contributed by atoms with van der Waals surface area (Å²) in [6, 6.07) is 0. The van der Waals surface area contributed by atoms with Gasteiger partial charge in [-0.1, -0.05) is 19.3 Å². The van der Waals surface area contributed by atoms with Crippen molar-refractivity contribution in [1.29, 1.82) is 0 Å². The lowest BCUT2D eigenvalue weighted by molar-refractivity contribution is -0.130. The van der Waals surface area contributed by atoms with Crippen molar-refractivity contribution in [3.63, 3.8) is 0 Å². The van der Waals surface area contributed by atoms with Crippen LogP contribution in [-0.4, -0.2) is 24.5 Å². The van der Waals surface area contributed by atoms with Gasteiger partial charge in [-0.15, -0.1) is 11.6 Å². The van der Waals surface area contributed by atoms with E-state index in [-0.39, 0.29) is 17.6 Å². The lowest BCUT2D eigenvalue weighted by atomic mass is 9.81. The summed E-state index contributed by atoms with van der Waals surface area (Å²) in [5.41, 5.74) is -1.48. The van der Waals surface area contributed by atoms with Crippen LogP contribution in [0.3, 0.4) is 0 Å². The Hall–Kier alpha value is -0.180. The standard InChI is InChI=1S/C13H21ClF2O/c1-13(8-15,9-16)12(17)7-11(14)10-5-3-2-4-6-10/h10-11H,2-9H2,1H3. The molecule has 0 aromatic carbocycles. The molecule has 1 aliphatic rings. The molecule has 0 saturated heterocycles. The Morgan fingerprint density at radius 2 is 1.82 bits per heavy atom. The molecule has 0 amide bonds. The van der Waals surface area contributed by atoms with E-state index in [9.17, 15) is 13.6 Å². The van der Waals surface area contributed by atoms with Crippen molar-refractivity contribution in [3.05, 3.63) is 0 Å². The van der Waals surface area contributed by atoms with Crippen LogP contribution in [0.1, 0.15) is 45.4 Å². The van der Waals surface area contributed by atoms with Crippen molar-refractivity contribution in [1.82, 2.24) is 0 Å². The first-order valence-corrected chi connectivity index (χ1v) is 6.76. The molecule has 1 nitrogen and oxygen atoms in total. The number of alkyl halides is 3. The van der Waals surface area contributed by atoms with Gasteiger partial charge in [-0.3, -0.25) is 4.79 Å². The van der Waals surface area contributed by atoms with E-state index < -0.39 is 18.8 Å². The predicted octanol–water partition coefficient (Wildman–Crippen LogP) is 4.08. The summed E-state index contributed by atoms with van der Waals surface area (Å²) in [5, 5.41) is -0.264. The fraction of sp³-hybridized carbons (Fsp3) is 0.923. The summed E-state index contributed by atoms with van der Waals surface area (Å²) >= 11 is 6.21. The van der Waals surface area contributed by atoms with E-state index in [1.54, 1.807) is 0 Å². The van der Waals surface area contributed by atoms with Gasteiger partial charge >= 0.3 is 0 Å². The molecule has 0 aliphatic heterocycles. The molecule has 0 radical (unpaired) electrons. The molecular formula is C13H21ClF2O. The molecule has 0 bridgehead atoms. The third-order valence-corrected chi connectivity index (χ3v) is 4.32. The monoisotopic (exact) mass is 266 g/mol. The topological polar surface area (TPSA) is 17.1 Å². The Morgan fingerprint density at radius 1 is 1.29 bits per heavy atom. The number of hydrogen-bond acceptors (Lipinski definition) is 1. The lowest BCUT2D eigenvalue weighted by Gasteiger charge is -2.28. The Kier molecular flexibility index (Phi) is 5.84. The van der Waals surface area contributed by atoms with E-state index in [2.05, 4.69) is 0 Å². The fourth-order valence-corrected chi connectivity index (χ4v) is 2.66. The van der Waals surface area contributed by atoms with Crippen molar-refractivity contribution in [3.8, 4) is 0 Å². The van der Waals surface area contributed by atoms with Gasteiger partial charge in [0.2, 0.25) is 0 Å². The number of carbonyl (C=O) groups is 1. The molecule has 1 aliphatic carbocycles. The summed E-state index contributed by atoms with van der Waals surface area (Å²) in [6.07, 6.45) is 5.67. The van der Waals surface area contributed by atoms with Crippen LogP contribution in [0.5, 0.6) is 0 Å². The molecule has 0 aromatic heterocycles. The third-order valence-electron chi connectivity index (χ3n) is 3.80. The quantitative estimate of drug-likeness (QED) is 0.662. The van der Waals surface area contributed by atoms with Crippen LogP contribution in [0.25, 0.3) is 0 Å². The van der Waals surface area contributed by atoms with Gasteiger partial charge in [0, 0.05) is 11.8 Å². The molecule has 1 saturated carbocycles. The minimum Gasteiger partial charge on any atom is -0.299 e. The second-order valence-electron chi connectivity index (χ2n) is 5.37. The van der Waals surface area contributed by atoms with Gasteiger partial charge in [-0.2, -0.15) is 0 Å². The van der Waals surface area contributed by atoms with Gasteiger partial charge in [-0.05, 0) is 25.7 Å². The fourth-order valence-electron chi connectivity index (χ4n) is 2.27. The average molecular weight is 267 g/mol. The van der Waals surface area contributed by atoms with Crippen LogP contribution in [0, 0.1) is 11.3 Å². The first kappa shape index (κ1) is 14.9. The first-order chi connectivity index (χ1) is 8.03. The van der Waals surface area contributed by atoms with Crippen molar-refractivity contribution >= 4 is 17.4 Å². The predicted molar refractivity (Wildman–Crippen MR) is 65.9 cm³/mol. The van der Waals surface area contributed by atoms with E-state index in [0.717, 1.165) is 25.7 Å². The maximum absolute atomic E-state index is 12.7. The van der Waals surface area contributed by atoms with Crippen molar-refractivity contribution in [2.24, 2.45) is 11.3 Å². The van der Waals surface area contributed by atoms with Crippen LogP contribution in [0.4, 0.5) is 8.78 Å². The molecule has 0 aromatic rings. The smallest absolute Gasteiger partial charge is 0.145 e. The van der Waals surface area contributed by atoms with E-state index in [1.807, 2.05) is 0 Å². The minimum absolute atomic E-state index is 0.0938. The Morgan fingerprint density at radius 3 is 2.29 bits per heavy atom. The number of carbonyl (C=O) groups excluding carboxylic acids is 1. The lowest BCUT2D eigenvalue weighted by Crippen LogP contribution is -2.35. The number of ketones is 1. The summed E-state index contributed by atoms with van der Waals surface area (Å²) < 4.78 is 25.4. The molecule has 1 unspecified atom stereocenters. The maximum atomic E-state index is 12.7. The van der Waals surface area contributed by atoms with Crippen LogP contribution in [-0.2, 0) is 4.79 Å². The number of Topliss-reactive ketones (excluding diaryl/α,β-unsaturated/α-hetero) is 1. The highest BCUT2D eigenvalue weighted by atomic mass is 35.5. The summed E-state index contributed by atoms with van der Waals surface area (Å²) in [7, 11) is 0. The zero-order chi connectivity index (χ0) is 12.9. The summed E-state index contributed by atoms with van der Waals surface area (Å²) in [6.45, 7) is -0.562. The Balaban J connectivity index is 2.49. The largest absolute Gasteiger partial charge is 0.299 e. The molecule has 0 heterocycles. The first-order valence-electron chi connectivity index (χ1n) is 6.33. The van der Waals surface area contributed by atoms with Crippen LogP contribution < -0.4 is 0 Å². The highest BCUT2D eigenvalue weighted by molar-refractivity contribution is 6.22. The van der Waals surface area contributed by atoms with E-state index in [1.165, 1.54) is 13.3 Å². The van der Waals surface area contributed by atoms with Crippen LogP contribution in [0.15, 0.2) is 0 Å². The van der Waals surface area contributed by atoms with Crippen LogP contribution in [0.2, 0.25) is 0 Å². The molecule has 0 spiro atoms. The second-order valence-corrected chi connectivity index (χ2v) is 5.93. The number of hydrogen-bond donors (Lipinski definition) is 0. The average Bonchev–Trinajstić information content (AvgIpc) is 2.38. The van der Waals surface area contributed by atoms with Gasteiger partial charge in [0.1, 0.15) is 19.1 Å². The molecule has 100 valence electrons. The number of halogens is 3. The van der Waals surface area contributed by atoms with Crippen molar-refractivity contribution in [2.75, 3.05) is 13.3 Å². The molecule has 4 heteroatoms. The molecule has 17 heavy (non-hydrogen) atoms. The summed E-state index contributed by atoms with van der Waals surface area (Å²) in [5.74, 6) is -0.0501. The van der Waals surface area contributed by atoms with Gasteiger partial charge in [0.15, 0.2) is 0 Å². The Bertz CT molecular complexity index is 248. The van der Waals surface area contributed by atoms with Gasteiger partial charge in [-0.25, -0.2) is 8.78 Å². The third kappa shape index (κ3) is 3.90. The zero-order valence-electron chi connectivity index (χ0n) is 10.4. The zero-order valence-corrected chi connectivity index (χ0v) is 11.1. The van der Waals surface area contributed by atoms with E-state index in [4.69, 9.17) is 11.6 Å². The van der Waals surface area contributed by atoms with Crippen molar-refractivity contribution < 1.29 is 13.6 Å². The molecule has 1 fully saturated rings. The minimum atomic E-state index is -1.48. The van der Waals surface area contributed by atoms with Gasteiger partial charge in [0.25, 0.3) is 0 Å². The molecule has 0 N–H and O–H groups in total. The Labute approximate surface area is 107 Å². The maximum Gasteiger partial charge on any atom is 0.145 e. The number of rotatable bonds is 6. The van der Waals surface area contributed by atoms with E-state index in [0.29, 0.717) is 5.92 Å². The summed E-state index contributed by atoms with van der Waals surface area (Å²) in [4.78, 5) is 11.8. The molecular weight excluding hydrogens is 246 g/mol. The molecule has 1 atom stereocenters. The van der Waals surface area contributed by atoms with Crippen molar-refractivity contribution in [2.45, 2.75) is 50.8 Å². The second kappa shape index (κ2) is 6.67. The highest BCUT2D eigenvalue weighted by Crippen LogP contribution is 2.33. The van der Waals surface area contributed by atoms with Gasteiger partial charge in [0.05, 0.1) is 5.41 Å². The van der Waals surface area contributed by atoms with E-state index >= 15 is 0 Å². The molecule has 1 rings (SSSR count). The normalized spacial score (nSPS) is 20.2. The van der Waals surface area contributed by atoms with Gasteiger partial charge < -0.3 is 0 Å². The van der Waals surface area contributed by atoms with Crippen LogP contribution >= 0.6 is 11.6 Å². The SMILES string of the molecule is CC(CF)(CF)C(=O)CC(Cl)C1CCCCC1.